The Labute approximate surface area is 119 Å². The third-order valence-electron chi connectivity index (χ3n) is 3.12. The monoisotopic (exact) mass is 287 g/mol. The highest BCUT2D eigenvalue weighted by Crippen LogP contribution is 2.07. The van der Waals surface area contributed by atoms with E-state index in [1.54, 1.807) is 12.1 Å². The largest absolute Gasteiger partial charge is 0.351 e. The Morgan fingerprint density at radius 1 is 1.29 bits per heavy atom. The van der Waals surface area contributed by atoms with E-state index in [4.69, 9.17) is 0 Å². The average Bonchev–Trinajstić information content (AvgIpc) is 2.90. The summed E-state index contributed by atoms with van der Waals surface area (Å²) in [6.45, 7) is 2.40. The maximum absolute atomic E-state index is 12.8. The second kappa shape index (κ2) is 5.35. The van der Waals surface area contributed by atoms with E-state index in [0.717, 1.165) is 5.56 Å². The average molecular weight is 287 g/mol. The first-order chi connectivity index (χ1) is 10.2. The summed E-state index contributed by atoms with van der Waals surface area (Å²) in [6.07, 6.45) is 0.678. The van der Waals surface area contributed by atoms with Crippen molar-refractivity contribution in [2.24, 2.45) is 0 Å². The van der Waals surface area contributed by atoms with Crippen molar-refractivity contribution in [3.8, 4) is 0 Å². The molecule has 0 spiro atoms. The van der Waals surface area contributed by atoms with E-state index in [1.165, 1.54) is 22.7 Å². The molecule has 0 atom stereocenters. The van der Waals surface area contributed by atoms with Crippen LogP contribution in [-0.2, 0) is 13.0 Å². The molecular weight excluding hydrogens is 273 g/mol. The molecule has 2 N–H and O–H groups in total. The standard InChI is InChI=1S/C14H14FN5O/c1-2-11-7-12(21)20-14(17-11)18-13(19-20)16-8-9-3-5-10(15)6-4-9/h3-7H,2,8H2,1H3,(H2,16,17,18,19). The SMILES string of the molecule is CCc1cc(=O)n2[nH]c(NCc3ccc(F)cc3)nc2n1. The van der Waals surface area contributed by atoms with Crippen LogP contribution < -0.4 is 10.9 Å². The number of nitrogens with zero attached hydrogens (tertiary/aromatic N) is 3. The minimum Gasteiger partial charge on any atom is -0.351 e. The molecule has 0 bridgehead atoms. The summed E-state index contributed by atoms with van der Waals surface area (Å²) < 4.78 is 14.1. The molecule has 1 aromatic carbocycles. The highest BCUT2D eigenvalue weighted by molar-refractivity contribution is 5.37. The number of halogens is 1. The normalized spacial score (nSPS) is 11.0. The van der Waals surface area contributed by atoms with Crippen LogP contribution in [0.15, 0.2) is 35.1 Å². The Hall–Kier alpha value is -2.70. The Kier molecular flexibility index (Phi) is 3.39. The fourth-order valence-corrected chi connectivity index (χ4v) is 1.98. The minimum atomic E-state index is -0.273. The van der Waals surface area contributed by atoms with Crippen molar-refractivity contribution >= 4 is 11.7 Å². The van der Waals surface area contributed by atoms with Gasteiger partial charge in [0.2, 0.25) is 5.95 Å². The maximum Gasteiger partial charge on any atom is 0.274 e. The third-order valence-corrected chi connectivity index (χ3v) is 3.12. The molecule has 6 nitrogen and oxygen atoms in total. The van der Waals surface area contributed by atoms with Gasteiger partial charge in [-0.3, -0.25) is 9.89 Å². The zero-order valence-electron chi connectivity index (χ0n) is 11.4. The summed E-state index contributed by atoms with van der Waals surface area (Å²) in [5.74, 6) is 0.503. The molecule has 0 saturated heterocycles. The Balaban J connectivity index is 1.83. The molecule has 0 aliphatic rings. The lowest BCUT2D eigenvalue weighted by atomic mass is 10.2. The van der Waals surface area contributed by atoms with Gasteiger partial charge < -0.3 is 5.32 Å². The number of anilines is 1. The number of hydrogen-bond acceptors (Lipinski definition) is 4. The predicted molar refractivity (Wildman–Crippen MR) is 76.7 cm³/mol. The highest BCUT2D eigenvalue weighted by atomic mass is 19.1. The van der Waals surface area contributed by atoms with Gasteiger partial charge in [0, 0.05) is 18.3 Å². The number of aryl methyl sites for hydroxylation is 1. The van der Waals surface area contributed by atoms with Gasteiger partial charge in [0.05, 0.1) is 0 Å². The fraction of sp³-hybridized carbons (Fsp3) is 0.214. The third kappa shape index (κ3) is 2.76. The van der Waals surface area contributed by atoms with Crippen LogP contribution in [-0.4, -0.2) is 19.6 Å². The van der Waals surface area contributed by atoms with Crippen LogP contribution in [0.3, 0.4) is 0 Å². The number of rotatable bonds is 4. The van der Waals surface area contributed by atoms with Gasteiger partial charge in [-0.05, 0) is 24.1 Å². The maximum atomic E-state index is 12.8. The van der Waals surface area contributed by atoms with Gasteiger partial charge in [-0.2, -0.15) is 9.50 Å². The summed E-state index contributed by atoms with van der Waals surface area (Å²) in [7, 11) is 0. The topological polar surface area (TPSA) is 75.1 Å². The van der Waals surface area contributed by atoms with Crippen LogP contribution in [0.1, 0.15) is 18.2 Å². The summed E-state index contributed by atoms with van der Waals surface area (Å²) in [4.78, 5) is 20.4. The van der Waals surface area contributed by atoms with Gasteiger partial charge >= 0.3 is 0 Å². The number of benzene rings is 1. The number of nitrogens with one attached hydrogen (secondary N) is 2. The Morgan fingerprint density at radius 2 is 2.05 bits per heavy atom. The molecule has 7 heteroatoms. The number of aromatic amines is 1. The first kappa shape index (κ1) is 13.3. The van der Waals surface area contributed by atoms with Crippen LogP contribution in [0.2, 0.25) is 0 Å². The Morgan fingerprint density at radius 3 is 2.76 bits per heavy atom. The second-order valence-corrected chi connectivity index (χ2v) is 4.63. The van der Waals surface area contributed by atoms with E-state index >= 15 is 0 Å². The summed E-state index contributed by atoms with van der Waals surface area (Å²) in [5.41, 5.74) is 1.42. The van der Waals surface area contributed by atoms with Crippen LogP contribution in [0.4, 0.5) is 10.3 Å². The van der Waals surface area contributed by atoms with Crippen molar-refractivity contribution in [3.63, 3.8) is 0 Å². The van der Waals surface area contributed by atoms with E-state index in [2.05, 4.69) is 20.4 Å². The van der Waals surface area contributed by atoms with Gasteiger partial charge in [0.15, 0.2) is 0 Å². The van der Waals surface area contributed by atoms with Gasteiger partial charge in [-0.15, -0.1) is 0 Å². The van der Waals surface area contributed by atoms with Crippen molar-refractivity contribution in [3.05, 3.63) is 57.8 Å². The van der Waals surface area contributed by atoms with Crippen molar-refractivity contribution in [1.29, 1.82) is 0 Å². The summed E-state index contributed by atoms with van der Waals surface area (Å²) in [5, 5.41) is 5.89. The van der Waals surface area contributed by atoms with Crippen molar-refractivity contribution in [2.45, 2.75) is 19.9 Å². The molecule has 3 rings (SSSR count). The van der Waals surface area contributed by atoms with E-state index in [9.17, 15) is 9.18 Å². The summed E-state index contributed by atoms with van der Waals surface area (Å²) >= 11 is 0. The quantitative estimate of drug-likeness (QED) is 0.766. The molecule has 0 unspecified atom stereocenters. The van der Waals surface area contributed by atoms with Crippen molar-refractivity contribution in [2.75, 3.05) is 5.32 Å². The fourth-order valence-electron chi connectivity index (χ4n) is 1.98. The molecular formula is C14H14FN5O. The lowest BCUT2D eigenvalue weighted by Crippen LogP contribution is -2.15. The van der Waals surface area contributed by atoms with Crippen molar-refractivity contribution < 1.29 is 4.39 Å². The lowest BCUT2D eigenvalue weighted by Gasteiger charge is -2.01. The second-order valence-electron chi connectivity index (χ2n) is 4.63. The molecule has 2 heterocycles. The van der Waals surface area contributed by atoms with Gasteiger partial charge in [-0.25, -0.2) is 9.37 Å². The summed E-state index contributed by atoms with van der Waals surface area (Å²) in [6, 6.07) is 7.65. The molecule has 0 aliphatic heterocycles. The van der Waals surface area contributed by atoms with Crippen LogP contribution in [0.25, 0.3) is 5.78 Å². The predicted octanol–water partition coefficient (Wildman–Crippen LogP) is 1.73. The smallest absolute Gasteiger partial charge is 0.274 e. The number of H-pyrrole nitrogens is 1. The minimum absolute atomic E-state index is 0.195. The molecule has 0 fully saturated rings. The molecule has 0 amide bonds. The van der Waals surface area contributed by atoms with Gasteiger partial charge in [0.25, 0.3) is 11.3 Å². The zero-order valence-corrected chi connectivity index (χ0v) is 11.4. The molecule has 108 valence electrons. The molecule has 0 radical (unpaired) electrons. The number of fused-ring (bicyclic) bond motifs is 1. The molecule has 0 saturated carbocycles. The van der Waals surface area contributed by atoms with Crippen molar-refractivity contribution in [1.82, 2.24) is 19.6 Å². The molecule has 3 aromatic rings. The highest BCUT2D eigenvalue weighted by Gasteiger charge is 2.07. The van der Waals surface area contributed by atoms with Crippen LogP contribution >= 0.6 is 0 Å². The van der Waals surface area contributed by atoms with Crippen LogP contribution in [0.5, 0.6) is 0 Å². The van der Waals surface area contributed by atoms with Crippen LogP contribution in [0, 0.1) is 5.82 Å². The molecule has 2 aromatic heterocycles. The molecule has 0 aliphatic carbocycles. The lowest BCUT2D eigenvalue weighted by molar-refractivity contribution is 0.627. The first-order valence-electron chi connectivity index (χ1n) is 6.62. The number of aromatic nitrogens is 4. The number of hydrogen-bond donors (Lipinski definition) is 2. The molecule has 21 heavy (non-hydrogen) atoms. The van der Waals surface area contributed by atoms with E-state index < -0.39 is 0 Å². The van der Waals surface area contributed by atoms with Gasteiger partial charge in [-0.1, -0.05) is 19.1 Å². The first-order valence-corrected chi connectivity index (χ1v) is 6.62. The Bertz CT molecular complexity index is 821. The van der Waals surface area contributed by atoms with E-state index in [0.29, 0.717) is 30.4 Å². The van der Waals surface area contributed by atoms with Gasteiger partial charge in [0.1, 0.15) is 5.82 Å². The zero-order chi connectivity index (χ0) is 14.8. The van der Waals surface area contributed by atoms with E-state index in [1.807, 2.05) is 6.92 Å². The van der Waals surface area contributed by atoms with E-state index in [-0.39, 0.29) is 11.4 Å².